The molecular weight excluding hydrogens is 278 g/mol. The molecule has 5 heteroatoms. The first-order valence-electron chi connectivity index (χ1n) is 6.17. The molecule has 2 aromatic carbocycles. The topological polar surface area (TPSA) is 52.4 Å². The normalized spacial score (nSPS) is 12.1. The third-order valence-corrected chi connectivity index (χ3v) is 3.37. The van der Waals surface area contributed by atoms with E-state index in [4.69, 9.17) is 16.3 Å². The van der Waals surface area contributed by atoms with Gasteiger partial charge in [0.25, 0.3) is 5.69 Å². The van der Waals surface area contributed by atoms with Crippen LogP contribution in [0.4, 0.5) is 5.69 Å². The van der Waals surface area contributed by atoms with Gasteiger partial charge in [0.05, 0.1) is 17.6 Å². The van der Waals surface area contributed by atoms with Gasteiger partial charge in [-0.2, -0.15) is 0 Å². The largest absolute Gasteiger partial charge is 0.369 e. The number of benzene rings is 2. The van der Waals surface area contributed by atoms with E-state index in [2.05, 4.69) is 0 Å². The van der Waals surface area contributed by atoms with E-state index >= 15 is 0 Å². The van der Waals surface area contributed by atoms with Gasteiger partial charge in [-0.3, -0.25) is 10.1 Å². The minimum Gasteiger partial charge on any atom is -0.369 e. The van der Waals surface area contributed by atoms with Crippen LogP contribution in [0.25, 0.3) is 0 Å². The third kappa shape index (κ3) is 3.56. The lowest BCUT2D eigenvalue weighted by molar-refractivity contribution is -0.385. The Hall–Kier alpha value is -1.91. The van der Waals surface area contributed by atoms with Crippen molar-refractivity contribution in [3.63, 3.8) is 0 Å². The highest BCUT2D eigenvalue weighted by Gasteiger charge is 2.12. The third-order valence-electron chi connectivity index (χ3n) is 3.00. The molecule has 0 saturated heterocycles. The Labute approximate surface area is 122 Å². The number of nitrogens with zero attached hydrogens (tertiary/aromatic N) is 1. The van der Waals surface area contributed by atoms with Crippen molar-refractivity contribution >= 4 is 17.3 Å². The molecule has 104 valence electrons. The van der Waals surface area contributed by atoms with Crippen LogP contribution >= 0.6 is 11.6 Å². The number of rotatable bonds is 5. The van der Waals surface area contributed by atoms with Gasteiger partial charge in [-0.05, 0) is 18.6 Å². The summed E-state index contributed by atoms with van der Waals surface area (Å²) < 4.78 is 5.72. The van der Waals surface area contributed by atoms with Gasteiger partial charge in [0.2, 0.25) is 0 Å². The van der Waals surface area contributed by atoms with Crippen molar-refractivity contribution < 1.29 is 9.66 Å². The summed E-state index contributed by atoms with van der Waals surface area (Å²) in [7, 11) is 0. The van der Waals surface area contributed by atoms with Crippen LogP contribution in [0, 0.1) is 10.1 Å². The summed E-state index contributed by atoms with van der Waals surface area (Å²) in [6.07, 6.45) is -0.105. The Kier molecular flexibility index (Phi) is 4.71. The Morgan fingerprint density at radius 1 is 1.25 bits per heavy atom. The Balaban J connectivity index is 2.07. The summed E-state index contributed by atoms with van der Waals surface area (Å²) >= 11 is 6.03. The summed E-state index contributed by atoms with van der Waals surface area (Å²) in [6, 6.07) is 14.1. The van der Waals surface area contributed by atoms with Gasteiger partial charge in [-0.15, -0.1) is 0 Å². The highest BCUT2D eigenvalue weighted by molar-refractivity contribution is 6.31. The summed E-state index contributed by atoms with van der Waals surface area (Å²) in [4.78, 5) is 10.3. The Morgan fingerprint density at radius 3 is 2.60 bits per heavy atom. The molecule has 0 aliphatic heterocycles. The maximum atomic E-state index is 10.7. The molecule has 0 N–H and O–H groups in total. The van der Waals surface area contributed by atoms with Crippen molar-refractivity contribution in [3.8, 4) is 0 Å². The second-order valence-corrected chi connectivity index (χ2v) is 4.80. The average Bonchev–Trinajstić information content (AvgIpc) is 2.46. The van der Waals surface area contributed by atoms with Crippen LogP contribution in [-0.4, -0.2) is 4.92 Å². The van der Waals surface area contributed by atoms with E-state index in [-0.39, 0.29) is 18.4 Å². The zero-order valence-corrected chi connectivity index (χ0v) is 11.7. The number of nitro groups is 1. The monoisotopic (exact) mass is 291 g/mol. The predicted octanol–water partition coefficient (Wildman–Crippen LogP) is 4.53. The summed E-state index contributed by atoms with van der Waals surface area (Å²) in [5.41, 5.74) is 1.68. The predicted molar refractivity (Wildman–Crippen MR) is 77.8 cm³/mol. The van der Waals surface area contributed by atoms with E-state index < -0.39 is 4.92 Å². The molecule has 0 radical (unpaired) electrons. The van der Waals surface area contributed by atoms with Crippen molar-refractivity contribution in [2.75, 3.05) is 0 Å². The highest BCUT2D eigenvalue weighted by Crippen LogP contribution is 2.25. The smallest absolute Gasteiger partial charge is 0.269 e. The number of non-ortho nitro benzene ring substituents is 1. The Bertz CT molecular complexity index is 601. The molecule has 0 bridgehead atoms. The molecule has 0 aliphatic rings. The molecule has 20 heavy (non-hydrogen) atoms. The molecule has 2 rings (SSSR count). The van der Waals surface area contributed by atoms with Gasteiger partial charge in [0, 0.05) is 22.7 Å². The SMILES string of the molecule is CC(OCc1cc([N+](=O)[O-])ccc1Cl)c1ccccc1. The second-order valence-electron chi connectivity index (χ2n) is 4.40. The van der Waals surface area contributed by atoms with E-state index in [1.807, 2.05) is 37.3 Å². The molecule has 0 fully saturated rings. The lowest BCUT2D eigenvalue weighted by Crippen LogP contribution is -2.01. The highest BCUT2D eigenvalue weighted by atomic mass is 35.5. The van der Waals surface area contributed by atoms with Crippen molar-refractivity contribution in [1.82, 2.24) is 0 Å². The van der Waals surface area contributed by atoms with Crippen LogP contribution in [0.3, 0.4) is 0 Å². The first-order valence-corrected chi connectivity index (χ1v) is 6.55. The Morgan fingerprint density at radius 2 is 1.95 bits per heavy atom. The standard InChI is InChI=1S/C15H14ClNO3/c1-11(12-5-3-2-4-6-12)20-10-13-9-14(17(18)19)7-8-15(13)16/h2-9,11H,10H2,1H3. The molecule has 0 aromatic heterocycles. The molecule has 0 aliphatic carbocycles. The van der Waals surface area contributed by atoms with Gasteiger partial charge in [0.1, 0.15) is 0 Å². The molecule has 1 unspecified atom stereocenters. The number of nitro benzene ring substituents is 1. The fraction of sp³-hybridized carbons (Fsp3) is 0.200. The molecule has 2 aromatic rings. The van der Waals surface area contributed by atoms with Crippen LogP contribution in [0.15, 0.2) is 48.5 Å². The second kappa shape index (κ2) is 6.50. The van der Waals surface area contributed by atoms with Gasteiger partial charge in [-0.25, -0.2) is 0 Å². The number of hydrogen-bond acceptors (Lipinski definition) is 3. The van der Waals surface area contributed by atoms with Crippen LogP contribution in [0.1, 0.15) is 24.2 Å². The minimum atomic E-state index is -0.444. The fourth-order valence-corrected chi connectivity index (χ4v) is 1.99. The first-order chi connectivity index (χ1) is 9.58. The number of halogens is 1. The van der Waals surface area contributed by atoms with E-state index in [0.29, 0.717) is 10.6 Å². The zero-order valence-electron chi connectivity index (χ0n) is 11.0. The van der Waals surface area contributed by atoms with Crippen LogP contribution in [-0.2, 0) is 11.3 Å². The van der Waals surface area contributed by atoms with Gasteiger partial charge >= 0.3 is 0 Å². The molecule has 4 nitrogen and oxygen atoms in total. The van der Waals surface area contributed by atoms with Crippen LogP contribution in [0.2, 0.25) is 5.02 Å². The van der Waals surface area contributed by atoms with E-state index in [9.17, 15) is 10.1 Å². The molecular formula is C15H14ClNO3. The quantitative estimate of drug-likeness (QED) is 0.601. The van der Waals surface area contributed by atoms with Crippen molar-refractivity contribution in [1.29, 1.82) is 0 Å². The molecule has 0 amide bonds. The molecule has 1 atom stereocenters. The van der Waals surface area contributed by atoms with Gasteiger partial charge in [-0.1, -0.05) is 41.9 Å². The maximum absolute atomic E-state index is 10.7. The minimum absolute atomic E-state index is 0.0142. The fourth-order valence-electron chi connectivity index (χ4n) is 1.82. The van der Waals surface area contributed by atoms with Gasteiger partial charge < -0.3 is 4.74 Å². The van der Waals surface area contributed by atoms with Crippen LogP contribution < -0.4 is 0 Å². The van der Waals surface area contributed by atoms with Crippen molar-refractivity contribution in [2.24, 2.45) is 0 Å². The van der Waals surface area contributed by atoms with Crippen molar-refractivity contribution in [3.05, 3.63) is 74.8 Å². The summed E-state index contributed by atoms with van der Waals surface area (Å²) in [6.45, 7) is 2.16. The van der Waals surface area contributed by atoms with E-state index in [0.717, 1.165) is 5.56 Å². The molecule has 0 saturated carbocycles. The molecule has 0 spiro atoms. The first kappa shape index (κ1) is 14.5. The van der Waals surface area contributed by atoms with Crippen LogP contribution in [0.5, 0.6) is 0 Å². The maximum Gasteiger partial charge on any atom is 0.269 e. The number of ether oxygens (including phenoxy) is 1. The number of hydrogen-bond donors (Lipinski definition) is 0. The van der Waals surface area contributed by atoms with E-state index in [1.54, 1.807) is 0 Å². The van der Waals surface area contributed by atoms with E-state index in [1.165, 1.54) is 18.2 Å². The summed E-state index contributed by atoms with van der Waals surface area (Å²) in [5, 5.41) is 11.2. The lowest BCUT2D eigenvalue weighted by Gasteiger charge is -2.14. The summed E-state index contributed by atoms with van der Waals surface area (Å²) in [5.74, 6) is 0. The molecule has 0 heterocycles. The van der Waals surface area contributed by atoms with Crippen molar-refractivity contribution in [2.45, 2.75) is 19.6 Å². The van der Waals surface area contributed by atoms with Gasteiger partial charge in [0.15, 0.2) is 0 Å². The zero-order chi connectivity index (χ0) is 14.5. The average molecular weight is 292 g/mol. The lowest BCUT2D eigenvalue weighted by atomic mass is 10.1.